The van der Waals surface area contributed by atoms with Crippen molar-refractivity contribution in [3.8, 4) is 0 Å². The summed E-state index contributed by atoms with van der Waals surface area (Å²) in [6.07, 6.45) is -0.283. The summed E-state index contributed by atoms with van der Waals surface area (Å²) in [5.74, 6) is 0. The fourth-order valence-corrected chi connectivity index (χ4v) is 2.55. The van der Waals surface area contributed by atoms with Crippen molar-refractivity contribution in [3.05, 3.63) is 35.2 Å². The smallest absolute Gasteiger partial charge is 0.0636 e. The highest BCUT2D eigenvalue weighted by Gasteiger charge is 2.02. The van der Waals surface area contributed by atoms with Crippen LogP contribution in [0.15, 0.2) is 29.6 Å². The minimum Gasteiger partial charge on any atom is -0.392 e. The molecule has 0 amide bonds. The van der Waals surface area contributed by atoms with Crippen molar-refractivity contribution < 1.29 is 5.11 Å². The first-order valence-electron chi connectivity index (χ1n) is 5.11. The third-order valence-corrected chi connectivity index (χ3v) is 3.33. The Morgan fingerprint density at radius 2 is 2.20 bits per heavy atom. The molecule has 0 aliphatic heterocycles. The van der Waals surface area contributed by atoms with Crippen LogP contribution in [0.2, 0.25) is 0 Å². The van der Waals surface area contributed by atoms with Crippen molar-refractivity contribution in [2.45, 2.75) is 19.6 Å². The van der Waals surface area contributed by atoms with Crippen LogP contribution in [0.25, 0.3) is 10.1 Å². The molecule has 2 N–H and O–H groups in total. The lowest BCUT2D eigenvalue weighted by Crippen LogP contribution is -2.23. The van der Waals surface area contributed by atoms with E-state index in [2.05, 4.69) is 35.0 Å². The van der Waals surface area contributed by atoms with Gasteiger partial charge in [0.1, 0.15) is 0 Å². The molecule has 2 aromatic rings. The van der Waals surface area contributed by atoms with Crippen LogP contribution in [0.4, 0.5) is 0 Å². The molecule has 3 heteroatoms. The molecule has 15 heavy (non-hydrogen) atoms. The average Bonchev–Trinajstić information content (AvgIpc) is 2.62. The maximum atomic E-state index is 9.13. The van der Waals surface area contributed by atoms with Gasteiger partial charge in [0.2, 0.25) is 0 Å². The lowest BCUT2D eigenvalue weighted by Gasteiger charge is -2.05. The van der Waals surface area contributed by atoms with Gasteiger partial charge in [0.05, 0.1) is 6.10 Å². The molecular formula is C12H15NOS. The van der Waals surface area contributed by atoms with E-state index in [9.17, 15) is 0 Å². The standard InChI is InChI=1S/C12H15NOS/c1-9(14)6-13-7-10-8-15-12-5-3-2-4-11(10)12/h2-5,8-9,13-14H,6-7H2,1H3/t9-/m0/s1. The molecule has 0 bridgehead atoms. The maximum Gasteiger partial charge on any atom is 0.0636 e. The van der Waals surface area contributed by atoms with Gasteiger partial charge in [-0.05, 0) is 29.3 Å². The predicted octanol–water partition coefficient (Wildman–Crippen LogP) is 2.37. The molecule has 2 rings (SSSR count). The van der Waals surface area contributed by atoms with Gasteiger partial charge in [-0.3, -0.25) is 0 Å². The van der Waals surface area contributed by atoms with Crippen molar-refractivity contribution in [2.24, 2.45) is 0 Å². The van der Waals surface area contributed by atoms with Gasteiger partial charge in [0.25, 0.3) is 0 Å². The van der Waals surface area contributed by atoms with E-state index in [1.54, 1.807) is 18.3 Å². The molecule has 0 radical (unpaired) electrons. The SMILES string of the molecule is C[C@H](O)CNCc1csc2ccccc12. The molecule has 0 unspecified atom stereocenters. The van der Waals surface area contributed by atoms with Crippen LogP contribution in [0, 0.1) is 0 Å². The van der Waals surface area contributed by atoms with Crippen molar-refractivity contribution in [1.29, 1.82) is 0 Å². The quantitative estimate of drug-likeness (QED) is 0.830. The molecular weight excluding hydrogens is 206 g/mol. The van der Waals surface area contributed by atoms with Gasteiger partial charge < -0.3 is 10.4 Å². The second-order valence-corrected chi connectivity index (χ2v) is 4.65. The summed E-state index contributed by atoms with van der Waals surface area (Å²) >= 11 is 1.77. The zero-order chi connectivity index (χ0) is 10.7. The molecule has 0 spiro atoms. The number of benzene rings is 1. The van der Waals surface area contributed by atoms with Crippen molar-refractivity contribution in [2.75, 3.05) is 6.54 Å². The fraction of sp³-hybridized carbons (Fsp3) is 0.333. The van der Waals surface area contributed by atoms with Crippen LogP contribution < -0.4 is 5.32 Å². The van der Waals surface area contributed by atoms with E-state index in [1.165, 1.54) is 15.6 Å². The lowest BCUT2D eigenvalue weighted by molar-refractivity contribution is 0.191. The van der Waals surface area contributed by atoms with E-state index < -0.39 is 0 Å². The van der Waals surface area contributed by atoms with Crippen LogP contribution in [-0.4, -0.2) is 17.8 Å². The van der Waals surface area contributed by atoms with Gasteiger partial charge >= 0.3 is 0 Å². The monoisotopic (exact) mass is 221 g/mol. The first kappa shape index (κ1) is 10.6. The molecule has 1 atom stereocenters. The van der Waals surface area contributed by atoms with Crippen molar-refractivity contribution in [1.82, 2.24) is 5.32 Å². The van der Waals surface area contributed by atoms with Gasteiger partial charge in [-0.2, -0.15) is 0 Å². The second kappa shape index (κ2) is 4.75. The number of rotatable bonds is 4. The van der Waals surface area contributed by atoms with E-state index in [1.807, 2.05) is 0 Å². The summed E-state index contributed by atoms with van der Waals surface area (Å²) in [7, 11) is 0. The Balaban J connectivity index is 2.08. The molecule has 0 aliphatic rings. The summed E-state index contributed by atoms with van der Waals surface area (Å²) in [6, 6.07) is 8.41. The van der Waals surface area contributed by atoms with Gasteiger partial charge in [-0.1, -0.05) is 18.2 Å². The molecule has 2 nitrogen and oxygen atoms in total. The summed E-state index contributed by atoms with van der Waals surface area (Å²) in [6.45, 7) is 3.26. The molecule has 1 aromatic carbocycles. The fourth-order valence-electron chi connectivity index (χ4n) is 1.59. The number of hydrogen-bond donors (Lipinski definition) is 2. The van der Waals surface area contributed by atoms with Crippen LogP contribution in [-0.2, 0) is 6.54 Å². The molecule has 0 fully saturated rings. The van der Waals surface area contributed by atoms with Crippen LogP contribution in [0.1, 0.15) is 12.5 Å². The molecule has 80 valence electrons. The van der Waals surface area contributed by atoms with Gasteiger partial charge in [0.15, 0.2) is 0 Å². The van der Waals surface area contributed by atoms with E-state index in [0.717, 1.165) is 6.54 Å². The van der Waals surface area contributed by atoms with Crippen molar-refractivity contribution >= 4 is 21.4 Å². The van der Waals surface area contributed by atoms with Gasteiger partial charge in [-0.15, -0.1) is 11.3 Å². The Kier molecular flexibility index (Phi) is 3.36. The molecule has 0 aliphatic carbocycles. The Morgan fingerprint density at radius 3 is 3.00 bits per heavy atom. The Bertz CT molecular complexity index is 436. The van der Waals surface area contributed by atoms with Gasteiger partial charge in [-0.25, -0.2) is 0 Å². The van der Waals surface area contributed by atoms with E-state index in [-0.39, 0.29) is 6.10 Å². The zero-order valence-corrected chi connectivity index (χ0v) is 9.55. The number of thiophene rings is 1. The van der Waals surface area contributed by atoms with Gasteiger partial charge in [0, 0.05) is 17.8 Å². The Hall–Kier alpha value is -0.900. The maximum absolute atomic E-state index is 9.13. The lowest BCUT2D eigenvalue weighted by atomic mass is 10.2. The second-order valence-electron chi connectivity index (χ2n) is 3.74. The van der Waals surface area contributed by atoms with Crippen LogP contribution >= 0.6 is 11.3 Å². The molecule has 0 saturated carbocycles. The number of aliphatic hydroxyl groups is 1. The highest BCUT2D eigenvalue weighted by molar-refractivity contribution is 7.17. The first-order chi connectivity index (χ1) is 7.27. The number of fused-ring (bicyclic) bond motifs is 1. The van der Waals surface area contributed by atoms with Crippen molar-refractivity contribution in [3.63, 3.8) is 0 Å². The third kappa shape index (κ3) is 2.56. The number of aliphatic hydroxyl groups excluding tert-OH is 1. The molecule has 1 heterocycles. The minimum atomic E-state index is -0.283. The summed E-state index contributed by atoms with van der Waals surface area (Å²) < 4.78 is 1.33. The number of hydrogen-bond acceptors (Lipinski definition) is 3. The summed E-state index contributed by atoms with van der Waals surface area (Å²) in [4.78, 5) is 0. The highest BCUT2D eigenvalue weighted by atomic mass is 32.1. The average molecular weight is 221 g/mol. The zero-order valence-electron chi connectivity index (χ0n) is 8.73. The largest absolute Gasteiger partial charge is 0.392 e. The van der Waals surface area contributed by atoms with Crippen LogP contribution in [0.5, 0.6) is 0 Å². The predicted molar refractivity (Wildman–Crippen MR) is 65.2 cm³/mol. The van der Waals surface area contributed by atoms with Crippen LogP contribution in [0.3, 0.4) is 0 Å². The topological polar surface area (TPSA) is 32.3 Å². The Morgan fingerprint density at radius 1 is 1.40 bits per heavy atom. The summed E-state index contributed by atoms with van der Waals surface area (Å²) in [5.41, 5.74) is 1.32. The molecule has 0 saturated heterocycles. The highest BCUT2D eigenvalue weighted by Crippen LogP contribution is 2.25. The normalized spacial score (nSPS) is 13.2. The molecule has 1 aromatic heterocycles. The summed E-state index contributed by atoms with van der Waals surface area (Å²) in [5, 5.41) is 15.9. The first-order valence-corrected chi connectivity index (χ1v) is 5.99. The third-order valence-electron chi connectivity index (χ3n) is 2.32. The number of nitrogens with one attached hydrogen (secondary N) is 1. The minimum absolute atomic E-state index is 0.283. The van der Waals surface area contributed by atoms with E-state index in [4.69, 9.17) is 5.11 Å². The van der Waals surface area contributed by atoms with E-state index >= 15 is 0 Å². The van der Waals surface area contributed by atoms with E-state index in [0.29, 0.717) is 6.54 Å². The Labute approximate surface area is 93.6 Å².